The van der Waals surface area contributed by atoms with Gasteiger partial charge in [-0.15, -0.1) is 0 Å². The van der Waals surface area contributed by atoms with E-state index in [-0.39, 0.29) is 17.3 Å². The van der Waals surface area contributed by atoms with E-state index in [1.54, 1.807) is 7.05 Å². The first-order valence-electron chi connectivity index (χ1n) is 6.02. The SMILES string of the molecule is Cn1[nH]c2c(SCC(=O)OC(C)(C)C)ncnc2c1=O. The molecule has 0 aromatic carbocycles. The number of aromatic amines is 1. The van der Waals surface area contributed by atoms with Crippen molar-refractivity contribution in [2.45, 2.75) is 31.4 Å². The minimum absolute atomic E-state index is 0.125. The zero-order chi connectivity index (χ0) is 14.9. The van der Waals surface area contributed by atoms with Gasteiger partial charge in [0.1, 0.15) is 22.5 Å². The maximum Gasteiger partial charge on any atom is 0.316 e. The van der Waals surface area contributed by atoms with Crippen molar-refractivity contribution in [3.63, 3.8) is 0 Å². The van der Waals surface area contributed by atoms with Gasteiger partial charge in [0.2, 0.25) is 0 Å². The number of rotatable bonds is 3. The molecule has 20 heavy (non-hydrogen) atoms. The van der Waals surface area contributed by atoms with Gasteiger partial charge in [-0.05, 0) is 20.8 Å². The lowest BCUT2D eigenvalue weighted by atomic mass is 10.2. The van der Waals surface area contributed by atoms with Crippen LogP contribution in [0.3, 0.4) is 0 Å². The molecule has 108 valence electrons. The van der Waals surface area contributed by atoms with Crippen LogP contribution >= 0.6 is 11.8 Å². The van der Waals surface area contributed by atoms with E-state index in [9.17, 15) is 9.59 Å². The molecule has 7 nitrogen and oxygen atoms in total. The van der Waals surface area contributed by atoms with E-state index >= 15 is 0 Å². The van der Waals surface area contributed by atoms with Gasteiger partial charge in [-0.2, -0.15) is 0 Å². The van der Waals surface area contributed by atoms with E-state index in [2.05, 4.69) is 15.1 Å². The number of esters is 1. The summed E-state index contributed by atoms with van der Waals surface area (Å²) in [6, 6.07) is 0. The molecule has 0 aliphatic rings. The predicted octanol–water partition coefficient (Wildman–Crippen LogP) is 1.09. The van der Waals surface area contributed by atoms with Gasteiger partial charge in [0.25, 0.3) is 5.56 Å². The summed E-state index contributed by atoms with van der Waals surface area (Å²) in [5, 5.41) is 3.43. The van der Waals surface area contributed by atoms with Crippen LogP contribution in [0.25, 0.3) is 11.0 Å². The summed E-state index contributed by atoms with van der Waals surface area (Å²) in [5.74, 6) is -0.201. The first kappa shape index (κ1) is 14.6. The molecule has 8 heteroatoms. The van der Waals surface area contributed by atoms with E-state index in [1.165, 1.54) is 22.8 Å². The van der Waals surface area contributed by atoms with Gasteiger partial charge in [-0.3, -0.25) is 19.4 Å². The van der Waals surface area contributed by atoms with E-state index in [0.717, 1.165) is 0 Å². The largest absolute Gasteiger partial charge is 0.459 e. The van der Waals surface area contributed by atoms with Crippen molar-refractivity contribution in [1.29, 1.82) is 0 Å². The van der Waals surface area contributed by atoms with Crippen molar-refractivity contribution < 1.29 is 9.53 Å². The average molecular weight is 296 g/mol. The fraction of sp³-hybridized carbons (Fsp3) is 0.500. The number of carbonyl (C=O) groups excluding carboxylic acids is 1. The number of ether oxygens (including phenoxy) is 1. The molecule has 0 fully saturated rings. The Balaban J connectivity index is 2.17. The Morgan fingerprint density at radius 2 is 2.15 bits per heavy atom. The highest BCUT2D eigenvalue weighted by Crippen LogP contribution is 2.22. The highest BCUT2D eigenvalue weighted by molar-refractivity contribution is 8.00. The first-order chi connectivity index (χ1) is 9.28. The molecule has 2 aromatic rings. The van der Waals surface area contributed by atoms with E-state index in [4.69, 9.17) is 4.74 Å². The van der Waals surface area contributed by atoms with Crippen molar-refractivity contribution in [3.05, 3.63) is 16.7 Å². The number of thioether (sulfide) groups is 1. The first-order valence-corrected chi connectivity index (χ1v) is 7.01. The number of fused-ring (bicyclic) bond motifs is 1. The van der Waals surface area contributed by atoms with Crippen LogP contribution in [0.5, 0.6) is 0 Å². The van der Waals surface area contributed by atoms with Crippen LogP contribution in [-0.2, 0) is 16.6 Å². The molecule has 0 spiro atoms. The monoisotopic (exact) mass is 296 g/mol. The summed E-state index contributed by atoms with van der Waals surface area (Å²) in [6.07, 6.45) is 1.31. The minimum atomic E-state index is -0.514. The van der Waals surface area contributed by atoms with Crippen LogP contribution in [0, 0.1) is 0 Å². The third-order valence-electron chi connectivity index (χ3n) is 2.35. The summed E-state index contributed by atoms with van der Waals surface area (Å²) in [7, 11) is 1.60. The maximum absolute atomic E-state index is 11.7. The Bertz CT molecular complexity index is 699. The van der Waals surface area contributed by atoms with Gasteiger partial charge in [0.15, 0.2) is 5.52 Å². The van der Waals surface area contributed by atoms with Gasteiger partial charge >= 0.3 is 5.97 Å². The lowest BCUT2D eigenvalue weighted by Crippen LogP contribution is -2.24. The van der Waals surface area contributed by atoms with Gasteiger partial charge in [-0.25, -0.2) is 9.97 Å². The number of hydrogen-bond donors (Lipinski definition) is 1. The molecule has 0 aliphatic heterocycles. The van der Waals surface area contributed by atoms with Crippen LogP contribution in [0.15, 0.2) is 16.1 Å². The smallest absolute Gasteiger partial charge is 0.316 e. The second-order valence-corrected chi connectivity index (χ2v) is 6.22. The third kappa shape index (κ3) is 3.19. The molecule has 0 saturated heterocycles. The Hall–Kier alpha value is -1.83. The topological polar surface area (TPSA) is 89.9 Å². The lowest BCUT2D eigenvalue weighted by molar-refractivity contribution is -0.151. The van der Waals surface area contributed by atoms with Crippen LogP contribution in [0.2, 0.25) is 0 Å². The Kier molecular flexibility index (Phi) is 3.85. The Morgan fingerprint density at radius 1 is 1.45 bits per heavy atom. The molecular weight excluding hydrogens is 280 g/mol. The number of aromatic nitrogens is 4. The van der Waals surface area contributed by atoms with Crippen molar-refractivity contribution in [1.82, 2.24) is 19.7 Å². The zero-order valence-corrected chi connectivity index (χ0v) is 12.6. The van der Waals surface area contributed by atoms with Gasteiger partial charge < -0.3 is 4.74 Å². The van der Waals surface area contributed by atoms with Crippen LogP contribution in [0.4, 0.5) is 0 Å². The molecule has 0 atom stereocenters. The molecule has 0 radical (unpaired) electrons. The second kappa shape index (κ2) is 5.28. The molecule has 0 unspecified atom stereocenters. The van der Waals surface area contributed by atoms with Crippen LogP contribution in [0.1, 0.15) is 20.8 Å². The van der Waals surface area contributed by atoms with Gasteiger partial charge in [-0.1, -0.05) is 11.8 Å². The number of H-pyrrole nitrogens is 1. The third-order valence-corrected chi connectivity index (χ3v) is 3.31. The predicted molar refractivity (Wildman–Crippen MR) is 75.7 cm³/mol. The highest BCUT2D eigenvalue weighted by atomic mass is 32.2. The second-order valence-electron chi connectivity index (χ2n) is 5.25. The Morgan fingerprint density at radius 3 is 2.80 bits per heavy atom. The van der Waals surface area contributed by atoms with Crippen LogP contribution in [-0.4, -0.2) is 37.1 Å². The quantitative estimate of drug-likeness (QED) is 0.518. The summed E-state index contributed by atoms with van der Waals surface area (Å²) in [6.45, 7) is 5.44. The number of aryl methyl sites for hydroxylation is 1. The molecule has 2 heterocycles. The number of hydrogen-bond acceptors (Lipinski definition) is 6. The summed E-state index contributed by atoms with van der Waals surface area (Å²) in [4.78, 5) is 31.5. The highest BCUT2D eigenvalue weighted by Gasteiger charge is 2.18. The zero-order valence-electron chi connectivity index (χ0n) is 11.8. The van der Waals surface area contributed by atoms with E-state index < -0.39 is 5.60 Å². The standard InChI is InChI=1S/C12H16N4O3S/c1-12(2,3)19-7(17)5-20-10-8-9(13-6-14-10)11(18)16(4)15-8/h6,15H,5H2,1-4H3. The van der Waals surface area contributed by atoms with Gasteiger partial charge in [0.05, 0.1) is 5.75 Å². The lowest BCUT2D eigenvalue weighted by Gasteiger charge is -2.19. The van der Waals surface area contributed by atoms with Crippen LogP contribution < -0.4 is 5.56 Å². The molecule has 0 aliphatic carbocycles. The Labute approximate surface area is 119 Å². The molecule has 0 amide bonds. The average Bonchev–Trinajstić information content (AvgIpc) is 2.62. The number of carbonyl (C=O) groups is 1. The minimum Gasteiger partial charge on any atom is -0.459 e. The summed E-state index contributed by atoms with van der Waals surface area (Å²) < 4.78 is 6.55. The van der Waals surface area contributed by atoms with Crippen molar-refractivity contribution in [2.24, 2.45) is 7.05 Å². The van der Waals surface area contributed by atoms with Gasteiger partial charge in [0, 0.05) is 7.05 Å². The summed E-state index contributed by atoms with van der Waals surface area (Å²) >= 11 is 1.21. The maximum atomic E-state index is 11.7. The van der Waals surface area contributed by atoms with E-state index in [0.29, 0.717) is 16.1 Å². The molecule has 0 bridgehead atoms. The summed E-state index contributed by atoms with van der Waals surface area (Å²) in [5.41, 5.74) is 0.115. The van der Waals surface area contributed by atoms with E-state index in [1.807, 2.05) is 20.8 Å². The number of nitrogens with zero attached hydrogens (tertiary/aromatic N) is 3. The fourth-order valence-electron chi connectivity index (χ4n) is 1.62. The molecular formula is C12H16N4O3S. The molecule has 2 rings (SSSR count). The fourth-order valence-corrected chi connectivity index (χ4v) is 2.34. The molecule has 0 saturated carbocycles. The normalized spacial score (nSPS) is 11.8. The molecule has 2 aromatic heterocycles. The van der Waals surface area contributed by atoms with Crippen molar-refractivity contribution in [2.75, 3.05) is 5.75 Å². The van der Waals surface area contributed by atoms with Crippen molar-refractivity contribution >= 4 is 28.8 Å². The van der Waals surface area contributed by atoms with Crippen molar-refractivity contribution in [3.8, 4) is 0 Å². The number of nitrogens with one attached hydrogen (secondary N) is 1. The molecule has 1 N–H and O–H groups in total.